The summed E-state index contributed by atoms with van der Waals surface area (Å²) in [5, 5.41) is 9.55. The van der Waals surface area contributed by atoms with E-state index in [1.54, 1.807) is 0 Å². The lowest BCUT2D eigenvalue weighted by Gasteiger charge is -2.18. The lowest BCUT2D eigenvalue weighted by molar-refractivity contribution is 0.640. The molecule has 2 heterocycles. The first-order valence-electron chi connectivity index (χ1n) is 7.21. The Bertz CT molecular complexity index is 744. The van der Waals surface area contributed by atoms with Crippen molar-refractivity contribution < 1.29 is 0 Å². The zero-order valence-corrected chi connectivity index (χ0v) is 15.4. The van der Waals surface area contributed by atoms with Gasteiger partial charge in [0.15, 0.2) is 0 Å². The van der Waals surface area contributed by atoms with E-state index in [0.717, 1.165) is 13.0 Å². The predicted molar refractivity (Wildman–Crippen MR) is 98.7 cm³/mol. The molecule has 0 aliphatic rings. The van der Waals surface area contributed by atoms with E-state index in [-0.39, 0.29) is 0 Å². The molecule has 4 heteroatoms. The molecule has 1 unspecified atom stereocenters. The van der Waals surface area contributed by atoms with Gasteiger partial charge >= 0.3 is 0 Å². The number of nitrogens with one attached hydrogen (secondary N) is 1. The van der Waals surface area contributed by atoms with Crippen molar-refractivity contribution in [2.75, 3.05) is 6.54 Å². The summed E-state index contributed by atoms with van der Waals surface area (Å²) in [5.74, 6) is 0. The Hall–Kier alpha value is -0.680. The Morgan fingerprint density at radius 3 is 2.81 bits per heavy atom. The highest BCUT2D eigenvalue weighted by molar-refractivity contribution is 9.10. The highest BCUT2D eigenvalue weighted by Crippen LogP contribution is 2.39. The number of rotatable bonds is 5. The van der Waals surface area contributed by atoms with Crippen LogP contribution in [0.15, 0.2) is 39.5 Å². The third-order valence-electron chi connectivity index (χ3n) is 3.72. The summed E-state index contributed by atoms with van der Waals surface area (Å²) in [4.78, 5) is 1.46. The molecule has 1 N–H and O–H groups in total. The molecule has 3 rings (SSSR count). The van der Waals surface area contributed by atoms with Crippen LogP contribution in [0.25, 0.3) is 10.1 Å². The van der Waals surface area contributed by atoms with Crippen LogP contribution >= 0.6 is 38.6 Å². The molecule has 0 fully saturated rings. The largest absolute Gasteiger partial charge is 0.306 e. The lowest BCUT2D eigenvalue weighted by Crippen LogP contribution is -2.21. The van der Waals surface area contributed by atoms with Crippen molar-refractivity contribution >= 4 is 48.7 Å². The number of benzene rings is 1. The second kappa shape index (κ2) is 6.61. The molecular formula is C17H18BrNS2. The van der Waals surface area contributed by atoms with Crippen molar-refractivity contribution in [1.82, 2.24) is 5.32 Å². The monoisotopic (exact) mass is 379 g/mol. The van der Waals surface area contributed by atoms with E-state index in [0.29, 0.717) is 6.04 Å². The van der Waals surface area contributed by atoms with Crippen molar-refractivity contribution in [2.45, 2.75) is 26.3 Å². The number of fused-ring (bicyclic) bond motifs is 1. The lowest BCUT2D eigenvalue weighted by atomic mass is 10.0. The zero-order valence-electron chi connectivity index (χ0n) is 12.2. The van der Waals surface area contributed by atoms with Crippen molar-refractivity contribution in [3.8, 4) is 0 Å². The van der Waals surface area contributed by atoms with E-state index >= 15 is 0 Å². The van der Waals surface area contributed by atoms with Crippen LogP contribution in [0.1, 0.15) is 35.9 Å². The molecule has 0 aliphatic carbocycles. The average Bonchev–Trinajstić information content (AvgIpc) is 3.12. The van der Waals surface area contributed by atoms with Crippen LogP contribution < -0.4 is 5.32 Å². The Morgan fingerprint density at radius 1 is 1.19 bits per heavy atom. The Balaban J connectivity index is 2.14. The second-order valence-corrected chi connectivity index (χ2v) is 7.64. The molecule has 0 radical (unpaired) electrons. The Morgan fingerprint density at radius 2 is 2.05 bits per heavy atom. The van der Waals surface area contributed by atoms with E-state index in [4.69, 9.17) is 0 Å². The molecule has 0 aliphatic heterocycles. The maximum Gasteiger partial charge on any atom is 0.0687 e. The van der Waals surface area contributed by atoms with Crippen molar-refractivity contribution in [3.63, 3.8) is 0 Å². The first kappa shape index (κ1) is 15.2. The molecule has 0 saturated carbocycles. The number of aryl methyl sites for hydroxylation is 1. The van der Waals surface area contributed by atoms with Crippen molar-refractivity contribution in [3.05, 3.63) is 55.5 Å². The maximum atomic E-state index is 3.68. The van der Waals surface area contributed by atoms with E-state index in [1.807, 2.05) is 22.7 Å². The topological polar surface area (TPSA) is 12.0 Å². The van der Waals surface area contributed by atoms with Crippen LogP contribution in [-0.4, -0.2) is 6.54 Å². The molecule has 2 aromatic heterocycles. The maximum absolute atomic E-state index is 3.68. The summed E-state index contributed by atoms with van der Waals surface area (Å²) in [6.45, 7) is 5.38. The normalized spacial score (nSPS) is 12.9. The molecule has 0 saturated heterocycles. The third kappa shape index (κ3) is 2.82. The van der Waals surface area contributed by atoms with Crippen LogP contribution in [0, 0.1) is 0 Å². The van der Waals surface area contributed by atoms with E-state index < -0.39 is 0 Å². The van der Waals surface area contributed by atoms with Crippen molar-refractivity contribution in [1.29, 1.82) is 0 Å². The van der Waals surface area contributed by atoms with Gasteiger partial charge in [0, 0.05) is 14.0 Å². The molecule has 110 valence electrons. The first-order chi connectivity index (χ1) is 10.3. The predicted octanol–water partition coefficient (Wildman–Crippen LogP) is 5.99. The van der Waals surface area contributed by atoms with Crippen LogP contribution in [-0.2, 0) is 6.42 Å². The van der Waals surface area contributed by atoms with Gasteiger partial charge in [-0.15, -0.1) is 22.7 Å². The highest BCUT2D eigenvalue weighted by Gasteiger charge is 2.21. The molecular weight excluding hydrogens is 362 g/mol. The van der Waals surface area contributed by atoms with E-state index in [2.05, 4.69) is 70.1 Å². The van der Waals surface area contributed by atoms with Gasteiger partial charge in [-0.25, -0.2) is 0 Å². The van der Waals surface area contributed by atoms with Gasteiger partial charge in [-0.2, -0.15) is 0 Å². The van der Waals surface area contributed by atoms with Gasteiger partial charge in [0.05, 0.1) is 6.04 Å². The fourth-order valence-electron chi connectivity index (χ4n) is 2.71. The van der Waals surface area contributed by atoms with Crippen LogP contribution in [0.5, 0.6) is 0 Å². The minimum absolute atomic E-state index is 0.299. The molecule has 0 spiro atoms. The van der Waals surface area contributed by atoms with E-state index in [9.17, 15) is 0 Å². The van der Waals surface area contributed by atoms with Crippen LogP contribution in [0.4, 0.5) is 0 Å². The fraction of sp³-hybridized carbons (Fsp3) is 0.294. The molecule has 3 aromatic rings. The van der Waals surface area contributed by atoms with Gasteiger partial charge in [-0.05, 0) is 68.3 Å². The van der Waals surface area contributed by atoms with Crippen LogP contribution in [0.2, 0.25) is 0 Å². The number of thiophene rings is 2. The van der Waals surface area contributed by atoms with Gasteiger partial charge in [0.25, 0.3) is 0 Å². The molecule has 1 atom stereocenters. The molecule has 1 nitrogen and oxygen atoms in total. The number of hydrogen-bond acceptors (Lipinski definition) is 3. The average molecular weight is 380 g/mol. The van der Waals surface area contributed by atoms with Gasteiger partial charge in [-0.1, -0.05) is 26.0 Å². The quantitative estimate of drug-likeness (QED) is 0.574. The van der Waals surface area contributed by atoms with Crippen molar-refractivity contribution in [2.24, 2.45) is 0 Å². The fourth-order valence-corrected chi connectivity index (χ4v) is 5.44. The highest BCUT2D eigenvalue weighted by atomic mass is 79.9. The zero-order chi connectivity index (χ0) is 14.8. The summed E-state index contributed by atoms with van der Waals surface area (Å²) in [5.41, 5.74) is 2.86. The van der Waals surface area contributed by atoms with Gasteiger partial charge < -0.3 is 5.32 Å². The molecule has 0 amide bonds. The summed E-state index contributed by atoms with van der Waals surface area (Å²) >= 11 is 7.35. The van der Waals surface area contributed by atoms with Crippen LogP contribution in [0.3, 0.4) is 0 Å². The van der Waals surface area contributed by atoms with E-state index in [1.165, 1.54) is 30.6 Å². The SMILES string of the molecule is CCNC(c1sccc1CC)c1csc2c(Br)cccc12. The second-order valence-electron chi connectivity index (χ2n) is 4.96. The summed E-state index contributed by atoms with van der Waals surface area (Å²) in [7, 11) is 0. The van der Waals surface area contributed by atoms with Gasteiger partial charge in [-0.3, -0.25) is 0 Å². The molecule has 1 aromatic carbocycles. The summed E-state index contributed by atoms with van der Waals surface area (Å²) in [6.07, 6.45) is 1.09. The first-order valence-corrected chi connectivity index (χ1v) is 9.76. The molecule has 21 heavy (non-hydrogen) atoms. The molecule has 0 bridgehead atoms. The Labute approximate surface area is 142 Å². The van der Waals surface area contributed by atoms with Gasteiger partial charge in [0.2, 0.25) is 0 Å². The summed E-state index contributed by atoms with van der Waals surface area (Å²) < 4.78 is 2.53. The Kier molecular flexibility index (Phi) is 4.79. The standard InChI is InChI=1S/C17H18BrNS2/c1-3-11-8-9-20-16(11)15(19-4-2)13-10-21-17-12(13)6-5-7-14(17)18/h5-10,15,19H,3-4H2,1-2H3. The number of halogens is 1. The minimum atomic E-state index is 0.299. The minimum Gasteiger partial charge on any atom is -0.306 e. The number of hydrogen-bond donors (Lipinski definition) is 1. The third-order valence-corrected chi connectivity index (χ3v) is 6.72. The smallest absolute Gasteiger partial charge is 0.0687 e. The van der Waals surface area contributed by atoms with Gasteiger partial charge in [0.1, 0.15) is 0 Å². The summed E-state index contributed by atoms with van der Waals surface area (Å²) in [6, 6.07) is 9.03.